The highest BCUT2D eigenvalue weighted by Gasteiger charge is 2.27. The van der Waals surface area contributed by atoms with Gasteiger partial charge in [-0.3, -0.25) is 13.9 Å². The Hall–Kier alpha value is -2.79. The zero-order valence-corrected chi connectivity index (χ0v) is 23.1. The molecule has 1 N–H and O–H groups in total. The summed E-state index contributed by atoms with van der Waals surface area (Å²) in [7, 11) is -3.60. The van der Waals surface area contributed by atoms with Crippen molar-refractivity contribution in [2.75, 3.05) is 30.4 Å². The summed E-state index contributed by atoms with van der Waals surface area (Å²) in [6.45, 7) is 4.66. The fourth-order valence-electron chi connectivity index (χ4n) is 3.81. The van der Waals surface area contributed by atoms with Gasteiger partial charge in [-0.15, -0.1) is 0 Å². The Morgan fingerprint density at radius 2 is 1.81 bits per heavy atom. The lowest BCUT2D eigenvalue weighted by atomic mass is 10.1. The molecule has 36 heavy (non-hydrogen) atoms. The largest absolute Gasteiger partial charge is 0.454 e. The van der Waals surface area contributed by atoms with E-state index in [9.17, 15) is 18.0 Å². The Morgan fingerprint density at radius 1 is 1.11 bits per heavy atom. The monoisotopic (exact) mass is 581 g/mol. The van der Waals surface area contributed by atoms with Crippen molar-refractivity contribution >= 4 is 43.5 Å². The molecule has 11 heteroatoms. The van der Waals surface area contributed by atoms with Crippen molar-refractivity contribution in [1.82, 2.24) is 10.2 Å². The van der Waals surface area contributed by atoms with Crippen molar-refractivity contribution in [2.24, 2.45) is 0 Å². The van der Waals surface area contributed by atoms with Gasteiger partial charge in [-0.05, 0) is 49.6 Å². The van der Waals surface area contributed by atoms with E-state index in [0.29, 0.717) is 23.7 Å². The lowest BCUT2D eigenvalue weighted by Crippen LogP contribution is -2.47. The zero-order chi connectivity index (χ0) is 26.3. The Kier molecular flexibility index (Phi) is 9.61. The van der Waals surface area contributed by atoms with E-state index in [1.807, 2.05) is 31.2 Å². The van der Waals surface area contributed by atoms with Gasteiger partial charge in [0.15, 0.2) is 11.5 Å². The molecule has 0 aliphatic carbocycles. The predicted molar refractivity (Wildman–Crippen MR) is 141 cm³/mol. The van der Waals surface area contributed by atoms with Crippen LogP contribution in [0.5, 0.6) is 11.5 Å². The summed E-state index contributed by atoms with van der Waals surface area (Å²) in [6, 6.07) is 11.8. The van der Waals surface area contributed by atoms with Crippen LogP contribution in [-0.4, -0.2) is 57.3 Å². The number of hydrogen-bond acceptors (Lipinski definition) is 6. The van der Waals surface area contributed by atoms with E-state index >= 15 is 0 Å². The van der Waals surface area contributed by atoms with Gasteiger partial charge >= 0.3 is 0 Å². The van der Waals surface area contributed by atoms with Crippen molar-refractivity contribution in [3.05, 3.63) is 52.5 Å². The van der Waals surface area contributed by atoms with Crippen molar-refractivity contribution in [1.29, 1.82) is 0 Å². The van der Waals surface area contributed by atoms with Crippen LogP contribution in [0.1, 0.15) is 38.7 Å². The molecule has 0 aromatic heterocycles. The van der Waals surface area contributed by atoms with E-state index in [-0.39, 0.29) is 44.5 Å². The van der Waals surface area contributed by atoms with E-state index in [2.05, 4.69) is 21.2 Å². The summed E-state index contributed by atoms with van der Waals surface area (Å²) in [5.74, 6) is 0.586. The van der Waals surface area contributed by atoms with Crippen molar-refractivity contribution in [2.45, 2.75) is 45.7 Å². The maximum atomic E-state index is 13.3. The SMILES string of the molecule is CCCNC(=O)C(C)N(Cc1ccc(Br)cc1)C(=O)CCCN(c1ccc2c(c1)OCO2)S(C)(=O)=O. The first-order valence-electron chi connectivity index (χ1n) is 11.8. The minimum Gasteiger partial charge on any atom is -0.454 e. The molecule has 9 nitrogen and oxygen atoms in total. The van der Waals surface area contributed by atoms with Crippen LogP contribution in [0.2, 0.25) is 0 Å². The molecule has 196 valence electrons. The molecule has 1 heterocycles. The molecule has 0 saturated heterocycles. The van der Waals surface area contributed by atoms with E-state index in [1.165, 1.54) is 4.31 Å². The molecular weight excluding hydrogens is 550 g/mol. The van der Waals surface area contributed by atoms with Gasteiger partial charge < -0.3 is 19.7 Å². The number of hydrogen-bond donors (Lipinski definition) is 1. The highest BCUT2D eigenvalue weighted by atomic mass is 79.9. The molecule has 1 aliphatic heterocycles. The molecule has 2 amide bonds. The van der Waals surface area contributed by atoms with Crippen LogP contribution in [-0.2, 0) is 26.2 Å². The minimum absolute atomic E-state index is 0.0818. The van der Waals surface area contributed by atoms with Crippen molar-refractivity contribution in [3.8, 4) is 11.5 Å². The Balaban J connectivity index is 1.71. The van der Waals surface area contributed by atoms with Gasteiger partial charge in [0, 0.05) is 36.6 Å². The van der Waals surface area contributed by atoms with E-state index in [4.69, 9.17) is 9.47 Å². The third kappa shape index (κ3) is 7.36. The summed E-state index contributed by atoms with van der Waals surface area (Å²) in [6.07, 6.45) is 2.28. The minimum atomic E-state index is -3.60. The third-order valence-electron chi connectivity index (χ3n) is 5.78. The van der Waals surface area contributed by atoms with Crippen molar-refractivity contribution in [3.63, 3.8) is 0 Å². The quantitative estimate of drug-likeness (QED) is 0.410. The Labute approximate surface area is 220 Å². The molecule has 3 rings (SSSR count). The highest BCUT2D eigenvalue weighted by molar-refractivity contribution is 9.10. The second kappa shape index (κ2) is 12.4. The number of ether oxygens (including phenoxy) is 2. The van der Waals surface area contributed by atoms with Crippen LogP contribution in [0.15, 0.2) is 46.9 Å². The average molecular weight is 583 g/mol. The number of rotatable bonds is 12. The van der Waals surface area contributed by atoms with E-state index in [0.717, 1.165) is 22.7 Å². The molecule has 1 aliphatic rings. The number of halogens is 1. The van der Waals surface area contributed by atoms with Gasteiger partial charge in [0.2, 0.25) is 28.6 Å². The number of nitrogens with one attached hydrogen (secondary N) is 1. The second-order valence-corrected chi connectivity index (χ2v) is 11.4. The fraction of sp³-hybridized carbons (Fsp3) is 0.440. The molecule has 2 aromatic carbocycles. The van der Waals surface area contributed by atoms with E-state index in [1.54, 1.807) is 30.0 Å². The van der Waals surface area contributed by atoms with Gasteiger partial charge in [0.05, 0.1) is 11.9 Å². The summed E-state index contributed by atoms with van der Waals surface area (Å²) < 4.78 is 37.9. The van der Waals surface area contributed by atoms with Crippen molar-refractivity contribution < 1.29 is 27.5 Å². The summed E-state index contributed by atoms with van der Waals surface area (Å²) in [5, 5.41) is 2.85. The normalized spacial score (nSPS) is 13.2. The molecule has 0 radical (unpaired) electrons. The third-order valence-corrected chi connectivity index (χ3v) is 7.50. The maximum Gasteiger partial charge on any atom is 0.242 e. The first-order valence-corrected chi connectivity index (χ1v) is 14.4. The summed E-state index contributed by atoms with van der Waals surface area (Å²) >= 11 is 3.41. The second-order valence-electron chi connectivity index (χ2n) is 8.59. The fourth-order valence-corrected chi connectivity index (χ4v) is 5.03. The van der Waals surface area contributed by atoms with Crippen LogP contribution in [0.4, 0.5) is 5.69 Å². The lowest BCUT2D eigenvalue weighted by Gasteiger charge is -2.29. The van der Waals surface area contributed by atoms with Crippen LogP contribution >= 0.6 is 15.9 Å². The lowest BCUT2D eigenvalue weighted by molar-refractivity contribution is -0.140. The first-order chi connectivity index (χ1) is 17.1. The molecule has 2 aromatic rings. The number of sulfonamides is 1. The average Bonchev–Trinajstić information content (AvgIpc) is 3.31. The topological polar surface area (TPSA) is 105 Å². The molecule has 0 fully saturated rings. The zero-order valence-electron chi connectivity index (χ0n) is 20.7. The number of fused-ring (bicyclic) bond motifs is 1. The van der Waals surface area contributed by atoms with E-state index < -0.39 is 16.1 Å². The van der Waals surface area contributed by atoms with Gasteiger partial charge in [0.1, 0.15) is 6.04 Å². The molecular formula is C25H32BrN3O6S. The Bertz CT molecular complexity index is 1170. The molecule has 0 saturated carbocycles. The number of carbonyl (C=O) groups is 2. The summed E-state index contributed by atoms with van der Waals surface area (Å²) in [5.41, 5.74) is 1.33. The number of amides is 2. The van der Waals surface area contributed by atoms with Crippen LogP contribution < -0.4 is 19.1 Å². The standard InChI is InChI=1S/C25H32BrN3O6S/c1-4-13-27-25(31)18(2)28(16-19-7-9-20(26)10-8-19)24(30)6-5-14-29(36(3,32)33)21-11-12-22-23(15-21)35-17-34-22/h7-12,15,18H,4-6,13-14,16-17H2,1-3H3,(H,27,31). The van der Waals surface area contributed by atoms with Crippen LogP contribution in [0.25, 0.3) is 0 Å². The number of benzene rings is 2. The predicted octanol–water partition coefficient (Wildman–Crippen LogP) is 3.67. The molecule has 1 atom stereocenters. The molecule has 0 bridgehead atoms. The van der Waals surface area contributed by atoms with Gasteiger partial charge in [-0.1, -0.05) is 35.0 Å². The van der Waals surface area contributed by atoms with Gasteiger partial charge in [-0.2, -0.15) is 0 Å². The smallest absolute Gasteiger partial charge is 0.242 e. The first kappa shape index (κ1) is 27.8. The van der Waals surface area contributed by atoms with Crippen LogP contribution in [0, 0.1) is 0 Å². The maximum absolute atomic E-state index is 13.3. The molecule has 0 spiro atoms. The van der Waals surface area contributed by atoms with Gasteiger partial charge in [0.25, 0.3) is 0 Å². The number of anilines is 1. The molecule has 1 unspecified atom stereocenters. The summed E-state index contributed by atoms with van der Waals surface area (Å²) in [4.78, 5) is 27.5. The Morgan fingerprint density at radius 3 is 2.47 bits per heavy atom. The van der Waals surface area contributed by atoms with Gasteiger partial charge in [-0.25, -0.2) is 8.42 Å². The number of nitrogens with zero attached hydrogens (tertiary/aromatic N) is 2. The van der Waals surface area contributed by atoms with Crippen LogP contribution in [0.3, 0.4) is 0 Å². The number of carbonyl (C=O) groups excluding carboxylic acids is 2. The highest BCUT2D eigenvalue weighted by Crippen LogP contribution is 2.36.